The summed E-state index contributed by atoms with van der Waals surface area (Å²) in [6, 6.07) is 4.06. The second kappa shape index (κ2) is 5.56. The minimum atomic E-state index is -0.541. The molecule has 4 heteroatoms. The first-order valence-corrected chi connectivity index (χ1v) is 6.09. The molecule has 0 heterocycles. The van der Waals surface area contributed by atoms with Crippen molar-refractivity contribution in [2.45, 2.75) is 44.3 Å². The van der Waals surface area contributed by atoms with Crippen molar-refractivity contribution in [3.05, 3.63) is 35.4 Å². The number of hydrogen-bond acceptors (Lipinski definition) is 2. The molecule has 0 saturated heterocycles. The first-order chi connectivity index (χ1) is 8.16. The average molecular weight is 240 g/mol. The number of nitrogens with two attached hydrogens (primary N) is 1. The quantitative estimate of drug-likeness (QED) is 0.851. The van der Waals surface area contributed by atoms with Crippen LogP contribution in [0.1, 0.15) is 31.2 Å². The summed E-state index contributed by atoms with van der Waals surface area (Å²) < 4.78 is 26.1. The Morgan fingerprint density at radius 1 is 1.24 bits per heavy atom. The fourth-order valence-corrected chi connectivity index (χ4v) is 2.32. The maximum Gasteiger partial charge on any atom is 0.130 e. The van der Waals surface area contributed by atoms with E-state index >= 15 is 0 Å². The number of benzene rings is 1. The molecule has 0 aromatic heterocycles. The van der Waals surface area contributed by atoms with E-state index in [1.807, 2.05) is 0 Å². The van der Waals surface area contributed by atoms with E-state index in [9.17, 15) is 8.78 Å². The van der Waals surface area contributed by atoms with Crippen LogP contribution in [0.15, 0.2) is 18.2 Å². The van der Waals surface area contributed by atoms with Gasteiger partial charge in [0.05, 0.1) is 0 Å². The van der Waals surface area contributed by atoms with E-state index in [1.165, 1.54) is 18.6 Å². The van der Waals surface area contributed by atoms with Gasteiger partial charge in [-0.1, -0.05) is 18.9 Å². The van der Waals surface area contributed by atoms with E-state index in [1.54, 1.807) is 0 Å². The van der Waals surface area contributed by atoms with Gasteiger partial charge in [0.2, 0.25) is 0 Å². The lowest BCUT2D eigenvalue weighted by atomic mass is 9.91. The molecule has 1 aliphatic carbocycles. The molecule has 0 aliphatic heterocycles. The molecule has 1 fully saturated rings. The summed E-state index contributed by atoms with van der Waals surface area (Å²) in [5, 5.41) is 3.26. The summed E-state index contributed by atoms with van der Waals surface area (Å²) >= 11 is 0. The van der Waals surface area contributed by atoms with Crippen LogP contribution >= 0.6 is 0 Å². The second-order valence-electron chi connectivity index (χ2n) is 4.67. The highest BCUT2D eigenvalue weighted by Gasteiger charge is 2.21. The van der Waals surface area contributed by atoms with Crippen LogP contribution in [-0.4, -0.2) is 12.1 Å². The van der Waals surface area contributed by atoms with Gasteiger partial charge in [0.15, 0.2) is 0 Å². The van der Waals surface area contributed by atoms with Gasteiger partial charge in [-0.3, -0.25) is 0 Å². The van der Waals surface area contributed by atoms with E-state index in [-0.39, 0.29) is 12.1 Å². The lowest BCUT2D eigenvalue weighted by Crippen LogP contribution is -2.46. The minimum absolute atomic E-state index is 0.146. The number of nitrogens with one attached hydrogen (secondary N) is 1. The monoisotopic (exact) mass is 240 g/mol. The third-order valence-electron chi connectivity index (χ3n) is 3.39. The highest BCUT2D eigenvalue weighted by Crippen LogP contribution is 2.18. The van der Waals surface area contributed by atoms with Crippen LogP contribution in [0, 0.1) is 11.6 Å². The van der Waals surface area contributed by atoms with Gasteiger partial charge in [0, 0.05) is 30.3 Å². The highest BCUT2D eigenvalue weighted by molar-refractivity contribution is 5.18. The van der Waals surface area contributed by atoms with Crippen LogP contribution in [-0.2, 0) is 6.54 Å². The predicted octanol–water partition coefficient (Wildman–Crippen LogP) is 2.32. The van der Waals surface area contributed by atoms with Crippen molar-refractivity contribution in [1.82, 2.24) is 5.32 Å². The van der Waals surface area contributed by atoms with Crippen molar-refractivity contribution in [3.63, 3.8) is 0 Å². The van der Waals surface area contributed by atoms with E-state index in [4.69, 9.17) is 5.73 Å². The number of rotatable bonds is 3. The van der Waals surface area contributed by atoms with Crippen molar-refractivity contribution in [3.8, 4) is 0 Å². The molecular formula is C13H18F2N2. The summed E-state index contributed by atoms with van der Waals surface area (Å²) in [4.78, 5) is 0. The van der Waals surface area contributed by atoms with Crippen LogP contribution in [0.2, 0.25) is 0 Å². The molecule has 1 saturated carbocycles. The maximum atomic E-state index is 13.4. The van der Waals surface area contributed by atoms with Crippen molar-refractivity contribution < 1.29 is 8.78 Å². The highest BCUT2D eigenvalue weighted by atomic mass is 19.1. The summed E-state index contributed by atoms with van der Waals surface area (Å²) in [6.07, 6.45) is 4.38. The van der Waals surface area contributed by atoms with Crippen molar-refractivity contribution in [2.24, 2.45) is 5.73 Å². The zero-order chi connectivity index (χ0) is 12.3. The van der Waals surface area contributed by atoms with Crippen LogP contribution in [0.25, 0.3) is 0 Å². The summed E-state index contributed by atoms with van der Waals surface area (Å²) in [5.41, 5.74) is 6.48. The molecule has 1 aromatic rings. The van der Waals surface area contributed by atoms with E-state index in [0.717, 1.165) is 25.3 Å². The van der Waals surface area contributed by atoms with Crippen LogP contribution in [0.3, 0.4) is 0 Å². The Kier molecular flexibility index (Phi) is 4.07. The zero-order valence-corrected chi connectivity index (χ0v) is 9.76. The summed E-state index contributed by atoms with van der Waals surface area (Å²) in [7, 11) is 0. The number of hydrogen-bond donors (Lipinski definition) is 2. The Balaban J connectivity index is 1.92. The molecule has 2 unspecified atom stereocenters. The van der Waals surface area contributed by atoms with Crippen LogP contribution in [0.5, 0.6) is 0 Å². The zero-order valence-electron chi connectivity index (χ0n) is 9.76. The molecule has 0 bridgehead atoms. The molecule has 3 N–H and O–H groups in total. The Hall–Kier alpha value is -1.00. The molecule has 2 rings (SSSR count). The molecule has 0 spiro atoms. The molecule has 2 nitrogen and oxygen atoms in total. The molecular weight excluding hydrogens is 222 g/mol. The lowest BCUT2D eigenvalue weighted by molar-refractivity contribution is 0.325. The van der Waals surface area contributed by atoms with Crippen molar-refractivity contribution >= 4 is 0 Å². The Morgan fingerprint density at radius 3 is 2.71 bits per heavy atom. The molecule has 2 atom stereocenters. The fraction of sp³-hybridized carbons (Fsp3) is 0.538. The standard InChI is InChI=1S/C13H18F2N2/c14-10-6-5-9(11(15)7-10)8-17-13-4-2-1-3-12(13)16/h5-7,12-13,17H,1-4,8,16H2. The first kappa shape index (κ1) is 12.5. The lowest BCUT2D eigenvalue weighted by Gasteiger charge is -2.29. The maximum absolute atomic E-state index is 13.4. The normalized spacial score (nSPS) is 24.9. The smallest absolute Gasteiger partial charge is 0.130 e. The molecule has 0 amide bonds. The van der Waals surface area contributed by atoms with Gasteiger partial charge >= 0.3 is 0 Å². The Labute approximate surface area is 100 Å². The summed E-state index contributed by atoms with van der Waals surface area (Å²) in [6.45, 7) is 0.407. The topological polar surface area (TPSA) is 38.0 Å². The average Bonchev–Trinajstić information content (AvgIpc) is 2.30. The van der Waals surface area contributed by atoms with E-state index < -0.39 is 11.6 Å². The van der Waals surface area contributed by atoms with E-state index in [2.05, 4.69) is 5.32 Å². The van der Waals surface area contributed by atoms with Gasteiger partial charge < -0.3 is 11.1 Å². The molecule has 1 aromatic carbocycles. The van der Waals surface area contributed by atoms with Crippen molar-refractivity contribution in [1.29, 1.82) is 0 Å². The second-order valence-corrected chi connectivity index (χ2v) is 4.67. The fourth-order valence-electron chi connectivity index (χ4n) is 2.32. The molecule has 94 valence electrons. The summed E-state index contributed by atoms with van der Waals surface area (Å²) in [5.74, 6) is -1.04. The van der Waals surface area contributed by atoms with Gasteiger partial charge in [0.1, 0.15) is 11.6 Å². The number of halogens is 2. The van der Waals surface area contributed by atoms with Crippen molar-refractivity contribution in [2.75, 3.05) is 0 Å². The SMILES string of the molecule is NC1CCCCC1NCc1ccc(F)cc1F. The third-order valence-corrected chi connectivity index (χ3v) is 3.39. The minimum Gasteiger partial charge on any atom is -0.326 e. The van der Waals surface area contributed by atoms with Gasteiger partial charge in [-0.25, -0.2) is 8.78 Å². The molecule has 17 heavy (non-hydrogen) atoms. The first-order valence-electron chi connectivity index (χ1n) is 6.09. The predicted molar refractivity (Wildman–Crippen MR) is 63.4 cm³/mol. The van der Waals surface area contributed by atoms with Gasteiger partial charge in [-0.2, -0.15) is 0 Å². The Morgan fingerprint density at radius 2 is 2.00 bits per heavy atom. The van der Waals surface area contributed by atoms with Gasteiger partial charge in [-0.05, 0) is 18.9 Å². The Bertz CT molecular complexity index is 382. The molecule has 0 radical (unpaired) electrons. The van der Waals surface area contributed by atoms with E-state index in [0.29, 0.717) is 12.1 Å². The third kappa shape index (κ3) is 3.23. The van der Waals surface area contributed by atoms with Gasteiger partial charge in [0.25, 0.3) is 0 Å². The van der Waals surface area contributed by atoms with Crippen LogP contribution in [0.4, 0.5) is 8.78 Å². The molecule has 1 aliphatic rings. The largest absolute Gasteiger partial charge is 0.326 e. The van der Waals surface area contributed by atoms with Crippen LogP contribution < -0.4 is 11.1 Å². The van der Waals surface area contributed by atoms with Gasteiger partial charge in [-0.15, -0.1) is 0 Å².